The molecule has 1 atom stereocenters. The maximum atomic E-state index is 12.4. The average molecular weight is 446 g/mol. The summed E-state index contributed by atoms with van der Waals surface area (Å²) in [6.07, 6.45) is 1.75. The molecule has 0 radical (unpaired) electrons. The molecule has 0 saturated carbocycles. The molecule has 0 aliphatic rings. The summed E-state index contributed by atoms with van der Waals surface area (Å²) >= 11 is 1.15. The topological polar surface area (TPSA) is 113 Å². The fourth-order valence-corrected chi connectivity index (χ4v) is 3.59. The lowest BCUT2D eigenvalue weighted by molar-refractivity contribution is -0.125. The second-order valence-electron chi connectivity index (χ2n) is 8.25. The Kier molecular flexibility index (Phi) is 6.89. The van der Waals surface area contributed by atoms with Crippen molar-refractivity contribution >= 4 is 34.7 Å². The monoisotopic (exact) mass is 445 g/mol. The van der Waals surface area contributed by atoms with E-state index in [1.165, 1.54) is 4.90 Å². The van der Waals surface area contributed by atoms with Crippen molar-refractivity contribution in [2.45, 2.75) is 44.1 Å². The number of carbonyl (C=O) groups is 2. The number of H-pyrrole nitrogens is 1. The second kappa shape index (κ2) is 9.42. The Morgan fingerprint density at radius 1 is 1.26 bits per heavy atom. The minimum absolute atomic E-state index is 0.0630. The number of hydrogen-bond donors (Lipinski definition) is 2. The van der Waals surface area contributed by atoms with Crippen LogP contribution >= 0.6 is 11.8 Å². The fourth-order valence-electron chi connectivity index (χ4n) is 2.84. The van der Waals surface area contributed by atoms with Crippen LogP contribution in [-0.4, -0.2) is 57.5 Å². The Balaban J connectivity index is 1.80. The zero-order valence-electron chi connectivity index (χ0n) is 18.3. The zero-order chi connectivity index (χ0) is 22.6. The van der Waals surface area contributed by atoms with Gasteiger partial charge in [0, 0.05) is 37.6 Å². The van der Waals surface area contributed by atoms with E-state index in [9.17, 15) is 9.59 Å². The Morgan fingerprint density at radius 2 is 2.00 bits per heavy atom. The maximum Gasteiger partial charge on any atom is 0.408 e. The lowest BCUT2D eigenvalue weighted by Crippen LogP contribution is -2.36. The van der Waals surface area contributed by atoms with E-state index < -0.39 is 17.7 Å². The molecule has 31 heavy (non-hydrogen) atoms. The number of alkyl carbamates (subject to hydrolysis) is 1. The summed E-state index contributed by atoms with van der Waals surface area (Å²) in [6, 6.07) is 7.31. The van der Waals surface area contributed by atoms with Gasteiger partial charge in [-0.05, 0) is 32.4 Å². The third kappa shape index (κ3) is 6.24. The number of thioether (sulfide) groups is 1. The molecule has 0 fully saturated rings. The number of amides is 2. The van der Waals surface area contributed by atoms with Gasteiger partial charge in [-0.2, -0.15) is 0 Å². The number of benzene rings is 1. The van der Waals surface area contributed by atoms with Crippen molar-refractivity contribution in [3.63, 3.8) is 0 Å². The lowest BCUT2D eigenvalue weighted by atomic mass is 10.1. The molecule has 2 amide bonds. The van der Waals surface area contributed by atoms with Crippen LogP contribution in [0.5, 0.6) is 0 Å². The molecule has 9 nitrogen and oxygen atoms in total. The van der Waals surface area contributed by atoms with Crippen molar-refractivity contribution < 1.29 is 18.7 Å². The number of aromatic nitrogens is 3. The molecular formula is C21H27N5O4S. The third-order valence-electron chi connectivity index (χ3n) is 4.33. The molecule has 2 N–H and O–H groups in total. The van der Waals surface area contributed by atoms with E-state index in [0.29, 0.717) is 6.42 Å². The van der Waals surface area contributed by atoms with Crippen molar-refractivity contribution in [3.8, 4) is 0 Å². The summed E-state index contributed by atoms with van der Waals surface area (Å²) in [5.74, 6) is 0.365. The highest BCUT2D eigenvalue weighted by Gasteiger charge is 2.26. The predicted octanol–water partition coefficient (Wildman–Crippen LogP) is 3.54. The highest BCUT2D eigenvalue weighted by Crippen LogP contribution is 2.26. The van der Waals surface area contributed by atoms with Crippen LogP contribution in [0.15, 0.2) is 40.1 Å². The van der Waals surface area contributed by atoms with Crippen molar-refractivity contribution in [1.29, 1.82) is 0 Å². The van der Waals surface area contributed by atoms with Gasteiger partial charge in [0.2, 0.25) is 11.8 Å². The molecule has 3 rings (SSSR count). The van der Waals surface area contributed by atoms with Crippen LogP contribution < -0.4 is 5.32 Å². The molecule has 0 unspecified atom stereocenters. The predicted molar refractivity (Wildman–Crippen MR) is 118 cm³/mol. The first-order valence-corrected chi connectivity index (χ1v) is 10.8. The van der Waals surface area contributed by atoms with Crippen LogP contribution in [0.25, 0.3) is 10.9 Å². The number of fused-ring (bicyclic) bond motifs is 1. The minimum Gasteiger partial charge on any atom is -0.444 e. The van der Waals surface area contributed by atoms with Crippen LogP contribution in [0, 0.1) is 0 Å². The van der Waals surface area contributed by atoms with Gasteiger partial charge < -0.3 is 24.4 Å². The van der Waals surface area contributed by atoms with E-state index >= 15 is 0 Å². The molecule has 2 heterocycles. The van der Waals surface area contributed by atoms with Crippen LogP contribution in [0.1, 0.15) is 38.3 Å². The third-order valence-corrected chi connectivity index (χ3v) is 5.13. The number of nitrogens with one attached hydrogen (secondary N) is 2. The summed E-state index contributed by atoms with van der Waals surface area (Å²) in [7, 11) is 3.37. The van der Waals surface area contributed by atoms with Gasteiger partial charge in [0.1, 0.15) is 11.6 Å². The van der Waals surface area contributed by atoms with Crippen molar-refractivity contribution in [2.24, 2.45) is 0 Å². The Hall–Kier alpha value is -3.01. The highest BCUT2D eigenvalue weighted by molar-refractivity contribution is 7.99. The zero-order valence-corrected chi connectivity index (χ0v) is 19.1. The Morgan fingerprint density at radius 3 is 2.71 bits per heavy atom. The molecule has 0 aliphatic carbocycles. The first kappa shape index (κ1) is 22.7. The van der Waals surface area contributed by atoms with E-state index in [1.54, 1.807) is 34.9 Å². The summed E-state index contributed by atoms with van der Waals surface area (Å²) in [5.41, 5.74) is 1.35. The summed E-state index contributed by atoms with van der Waals surface area (Å²) in [6.45, 7) is 5.39. The van der Waals surface area contributed by atoms with Crippen molar-refractivity contribution in [3.05, 3.63) is 41.9 Å². The largest absolute Gasteiger partial charge is 0.444 e. The van der Waals surface area contributed by atoms with Gasteiger partial charge in [-0.3, -0.25) is 4.79 Å². The van der Waals surface area contributed by atoms with Gasteiger partial charge >= 0.3 is 6.09 Å². The molecule has 166 valence electrons. The number of hydrogen-bond acceptors (Lipinski definition) is 7. The average Bonchev–Trinajstić information content (AvgIpc) is 3.31. The molecule has 0 spiro atoms. The molecule has 0 saturated heterocycles. The van der Waals surface area contributed by atoms with Crippen LogP contribution in [0.3, 0.4) is 0 Å². The molecule has 1 aromatic carbocycles. The molecule has 0 bridgehead atoms. The maximum absolute atomic E-state index is 12.4. The Labute approximate surface area is 184 Å². The van der Waals surface area contributed by atoms with E-state index in [-0.39, 0.29) is 22.8 Å². The van der Waals surface area contributed by atoms with E-state index in [1.807, 2.05) is 30.5 Å². The second-order valence-corrected chi connectivity index (χ2v) is 9.17. The normalized spacial score (nSPS) is 12.5. The molecule has 10 heteroatoms. The number of ether oxygens (including phenoxy) is 1. The smallest absolute Gasteiger partial charge is 0.408 e. The van der Waals surface area contributed by atoms with Crippen LogP contribution in [-0.2, 0) is 16.0 Å². The van der Waals surface area contributed by atoms with Crippen LogP contribution in [0.2, 0.25) is 0 Å². The standard InChI is InChI=1S/C21H27N5O4S/c1-21(2,3)30-19(28)23-16(10-13-11-22-15-9-7-6-8-14(13)15)18-24-25-20(29-18)31-12-17(27)26(4)5/h6-9,11,16,22H,10,12H2,1-5H3,(H,23,28)/t16-/m1/s1. The summed E-state index contributed by atoms with van der Waals surface area (Å²) < 4.78 is 11.2. The molecular weight excluding hydrogens is 418 g/mol. The van der Waals surface area contributed by atoms with Crippen molar-refractivity contribution in [2.75, 3.05) is 19.8 Å². The highest BCUT2D eigenvalue weighted by atomic mass is 32.2. The number of aromatic amines is 1. The Bertz CT molecular complexity index is 1050. The molecule has 3 aromatic rings. The van der Waals surface area contributed by atoms with Gasteiger partial charge in [0.05, 0.1) is 5.75 Å². The fraction of sp³-hybridized carbons (Fsp3) is 0.429. The van der Waals surface area contributed by atoms with Gasteiger partial charge in [-0.25, -0.2) is 4.79 Å². The summed E-state index contributed by atoms with van der Waals surface area (Å²) in [4.78, 5) is 29.0. The number of para-hydroxylation sites is 1. The molecule has 2 aromatic heterocycles. The van der Waals surface area contributed by atoms with Gasteiger partial charge in [0.15, 0.2) is 0 Å². The number of nitrogens with zero attached hydrogens (tertiary/aromatic N) is 3. The first-order chi connectivity index (χ1) is 14.6. The first-order valence-electron chi connectivity index (χ1n) is 9.83. The lowest BCUT2D eigenvalue weighted by Gasteiger charge is -2.22. The number of rotatable bonds is 7. The van der Waals surface area contributed by atoms with Gasteiger partial charge in [-0.15, -0.1) is 10.2 Å². The molecule has 0 aliphatic heterocycles. The van der Waals surface area contributed by atoms with Crippen molar-refractivity contribution in [1.82, 2.24) is 25.4 Å². The minimum atomic E-state index is -0.641. The van der Waals surface area contributed by atoms with E-state index in [2.05, 4.69) is 20.5 Å². The van der Waals surface area contributed by atoms with Gasteiger partial charge in [-0.1, -0.05) is 30.0 Å². The van der Waals surface area contributed by atoms with Gasteiger partial charge in [0.25, 0.3) is 5.22 Å². The van der Waals surface area contributed by atoms with E-state index in [4.69, 9.17) is 9.15 Å². The SMILES string of the molecule is CN(C)C(=O)CSc1nnc([C@@H](Cc2c[nH]c3ccccc23)NC(=O)OC(C)(C)C)o1. The van der Waals surface area contributed by atoms with E-state index in [0.717, 1.165) is 28.2 Å². The summed E-state index contributed by atoms with van der Waals surface area (Å²) in [5, 5.41) is 12.3. The van der Waals surface area contributed by atoms with Crippen LogP contribution in [0.4, 0.5) is 4.79 Å². The quantitative estimate of drug-likeness (QED) is 0.535. The number of carbonyl (C=O) groups excluding carboxylic acids is 2.